The zero-order valence-electron chi connectivity index (χ0n) is 45.2. The summed E-state index contributed by atoms with van der Waals surface area (Å²) in [4.78, 5) is 4.73. The predicted molar refractivity (Wildman–Crippen MR) is 321 cm³/mol. The van der Waals surface area contributed by atoms with Gasteiger partial charge >= 0.3 is 0 Å². The van der Waals surface area contributed by atoms with Gasteiger partial charge in [0, 0.05) is 39.4 Å². The molecule has 1 heterocycles. The van der Waals surface area contributed by atoms with Gasteiger partial charge in [0.1, 0.15) is 22.8 Å². The van der Waals surface area contributed by atoms with Gasteiger partial charge in [-0.2, -0.15) is 0 Å². The molecule has 12 aromatic rings. The minimum Gasteiger partial charge on any atom is -0.455 e. The third-order valence-electron chi connectivity index (χ3n) is 16.7. The molecule has 0 N–H and O–H groups in total. The maximum absolute atomic E-state index is 16.1. The lowest BCUT2D eigenvalue weighted by Crippen LogP contribution is -2.27. The van der Waals surface area contributed by atoms with Gasteiger partial charge in [0.15, 0.2) is 0 Å². The van der Waals surface area contributed by atoms with E-state index in [1.807, 2.05) is 18.2 Å². The number of para-hydroxylation sites is 1. The number of aryl methyl sites for hydroxylation is 2. The number of furan rings is 1. The van der Waals surface area contributed by atoms with Crippen LogP contribution in [0.25, 0.3) is 65.7 Å². The molecule has 380 valence electrons. The van der Waals surface area contributed by atoms with E-state index < -0.39 is 5.41 Å². The lowest BCUT2D eigenvalue weighted by Gasteiger charge is -2.34. The summed E-state index contributed by atoms with van der Waals surface area (Å²) >= 11 is 0. The van der Waals surface area contributed by atoms with Crippen molar-refractivity contribution in [3.05, 3.63) is 262 Å². The maximum atomic E-state index is 16.1. The first-order valence-corrected chi connectivity index (χ1v) is 27.1. The van der Waals surface area contributed by atoms with Crippen LogP contribution >= 0.6 is 0 Å². The number of benzene rings is 11. The van der Waals surface area contributed by atoms with Crippen molar-refractivity contribution in [3.8, 4) is 22.3 Å². The first kappa shape index (κ1) is 47.6. The van der Waals surface area contributed by atoms with Crippen LogP contribution in [0.3, 0.4) is 0 Å². The summed E-state index contributed by atoms with van der Waals surface area (Å²) in [6.07, 6.45) is 0. The summed E-state index contributed by atoms with van der Waals surface area (Å²) < 4.78 is 39.6. The number of fused-ring (bicyclic) bond motifs is 19. The minimum atomic E-state index is -1.07. The Hall–Kier alpha value is -8.80. The third-order valence-corrected chi connectivity index (χ3v) is 16.7. The van der Waals surface area contributed by atoms with Crippen molar-refractivity contribution in [3.63, 3.8) is 0 Å². The molecular weight excluding hydrogens is 959 g/mol. The summed E-state index contributed by atoms with van der Waals surface area (Å²) in [5.41, 5.74) is 18.4. The van der Waals surface area contributed by atoms with E-state index in [2.05, 4.69) is 229 Å². The second-order valence-corrected chi connectivity index (χ2v) is 23.7. The topological polar surface area (TPSA) is 19.6 Å². The molecule has 3 nitrogen and oxygen atoms in total. The van der Waals surface area contributed by atoms with Gasteiger partial charge in [0.25, 0.3) is 0 Å². The summed E-state index contributed by atoms with van der Waals surface area (Å²) in [6, 6.07) is 71.9. The molecule has 0 aliphatic heterocycles. The Morgan fingerprint density at radius 3 is 1.49 bits per heavy atom. The molecule has 11 aromatic carbocycles. The lowest BCUT2D eigenvalue weighted by atomic mass is 9.69. The van der Waals surface area contributed by atoms with Crippen molar-refractivity contribution in [2.24, 2.45) is 0 Å². The average Bonchev–Trinajstić information content (AvgIpc) is 2.78. The number of rotatable bonds is 6. The molecule has 14 rings (SSSR count). The van der Waals surface area contributed by atoms with Gasteiger partial charge in [0.2, 0.25) is 0 Å². The van der Waals surface area contributed by atoms with Crippen LogP contribution in [-0.4, -0.2) is 0 Å². The van der Waals surface area contributed by atoms with E-state index in [-0.39, 0.29) is 22.5 Å². The Morgan fingerprint density at radius 2 is 0.910 bits per heavy atom. The van der Waals surface area contributed by atoms with E-state index in [0.29, 0.717) is 11.1 Å². The number of hydrogen-bond acceptors (Lipinski definition) is 3. The number of halogens is 2. The number of anilines is 6. The van der Waals surface area contributed by atoms with Crippen molar-refractivity contribution in [2.45, 2.75) is 71.6 Å². The van der Waals surface area contributed by atoms with Crippen LogP contribution in [0, 0.1) is 25.5 Å². The predicted octanol–water partition coefficient (Wildman–Crippen LogP) is 20.7. The van der Waals surface area contributed by atoms with E-state index in [9.17, 15) is 0 Å². The molecule has 0 radical (unpaired) electrons. The average molecular weight is 1020 g/mol. The standard InChI is InChI=1S/C73H58F2N2O/c1-43-15-13-17-51(37-43)76(49-29-23-45(24-30-49)71(3,4)5)53-33-34-56-58(41-53)54-19-9-10-20-55(54)67-68-63(73(69(56)67)61-35-27-47(74)39-59(61)60-40-48(75)28-36-62(60)73)42-64(66-57-21-11-12-22-65(57)78-70(66)68)77(52-18-14-16-44(2)38-52)50-31-25-46(26-32-50)72(6,7)8/h9-42H,1-8H3. The van der Waals surface area contributed by atoms with E-state index in [1.165, 1.54) is 11.1 Å². The molecule has 2 aliphatic carbocycles. The zero-order valence-corrected chi connectivity index (χ0v) is 45.2. The molecule has 0 fully saturated rings. The first-order valence-electron chi connectivity index (χ1n) is 27.1. The fourth-order valence-corrected chi connectivity index (χ4v) is 13.2. The van der Waals surface area contributed by atoms with Crippen LogP contribution < -0.4 is 9.80 Å². The largest absolute Gasteiger partial charge is 0.455 e. The van der Waals surface area contributed by atoms with Gasteiger partial charge in [-0.3, -0.25) is 0 Å². The summed E-state index contributed by atoms with van der Waals surface area (Å²) in [7, 11) is 0. The van der Waals surface area contributed by atoms with Gasteiger partial charge in [-0.1, -0.05) is 151 Å². The lowest BCUT2D eigenvalue weighted by molar-refractivity contribution is 0.590. The van der Waals surface area contributed by atoms with Crippen LogP contribution in [0.2, 0.25) is 0 Å². The molecule has 0 amide bonds. The molecule has 78 heavy (non-hydrogen) atoms. The molecule has 2 aliphatic rings. The van der Waals surface area contributed by atoms with Gasteiger partial charge < -0.3 is 14.2 Å². The first-order chi connectivity index (χ1) is 37.6. The molecular formula is C73H58F2N2O. The fourth-order valence-electron chi connectivity index (χ4n) is 13.2. The highest BCUT2D eigenvalue weighted by Gasteiger charge is 2.55. The Morgan fingerprint density at radius 1 is 0.397 bits per heavy atom. The highest BCUT2D eigenvalue weighted by molar-refractivity contribution is 6.26. The summed E-state index contributed by atoms with van der Waals surface area (Å²) in [5.74, 6) is -0.756. The van der Waals surface area contributed by atoms with Gasteiger partial charge in [-0.25, -0.2) is 8.78 Å². The highest BCUT2D eigenvalue weighted by atomic mass is 19.1. The SMILES string of the molecule is Cc1cccc(N(c2ccc(C(C)(C)C)cc2)c2ccc3c4c(c5ccccc5c3c2)-c2c(cc(N(c3ccc(C(C)(C)C)cc3)c3cccc(C)c3)c3c2oc2ccccc23)C42c3ccc(F)cc3-c3cc(F)ccc32)c1. The third kappa shape index (κ3) is 7.06. The van der Waals surface area contributed by atoms with Crippen molar-refractivity contribution < 1.29 is 13.2 Å². The molecule has 0 saturated carbocycles. The molecule has 0 unspecified atom stereocenters. The second kappa shape index (κ2) is 17.1. The second-order valence-electron chi connectivity index (χ2n) is 23.7. The van der Waals surface area contributed by atoms with Crippen LogP contribution in [0.15, 0.2) is 211 Å². The minimum absolute atomic E-state index is 0.0111. The van der Waals surface area contributed by atoms with Gasteiger partial charge in [-0.15, -0.1) is 0 Å². The Bertz CT molecular complexity index is 4400. The molecule has 5 heteroatoms. The fraction of sp³-hybridized carbons (Fsp3) is 0.151. The van der Waals surface area contributed by atoms with Crippen molar-refractivity contribution in [1.29, 1.82) is 0 Å². The quantitative estimate of drug-likeness (QED) is 0.155. The van der Waals surface area contributed by atoms with Crippen LogP contribution in [0.4, 0.5) is 42.9 Å². The van der Waals surface area contributed by atoms with Crippen molar-refractivity contribution >= 4 is 77.6 Å². The number of nitrogens with zero attached hydrogens (tertiary/aromatic N) is 2. The molecule has 0 atom stereocenters. The molecule has 0 saturated heterocycles. The van der Waals surface area contributed by atoms with E-state index in [0.717, 1.165) is 122 Å². The molecule has 1 spiro atoms. The van der Waals surface area contributed by atoms with E-state index in [1.54, 1.807) is 24.3 Å². The number of hydrogen-bond donors (Lipinski definition) is 0. The van der Waals surface area contributed by atoms with Crippen LogP contribution in [0.5, 0.6) is 0 Å². The van der Waals surface area contributed by atoms with Gasteiger partial charge in [0.05, 0.1) is 16.5 Å². The smallest absolute Gasteiger partial charge is 0.145 e. The maximum Gasteiger partial charge on any atom is 0.145 e. The van der Waals surface area contributed by atoms with Gasteiger partial charge in [-0.05, 0) is 204 Å². The Kier molecular flexibility index (Phi) is 10.4. The summed E-state index contributed by atoms with van der Waals surface area (Å²) in [6.45, 7) is 17.8. The Balaban J connectivity index is 1.15. The zero-order chi connectivity index (χ0) is 53.6. The van der Waals surface area contributed by atoms with Crippen LogP contribution in [-0.2, 0) is 16.2 Å². The molecule has 0 bridgehead atoms. The molecule has 1 aromatic heterocycles. The Labute approximate surface area is 454 Å². The van der Waals surface area contributed by atoms with E-state index in [4.69, 9.17) is 4.42 Å². The monoisotopic (exact) mass is 1020 g/mol. The van der Waals surface area contributed by atoms with Crippen LogP contribution in [0.1, 0.15) is 86.1 Å². The summed E-state index contributed by atoms with van der Waals surface area (Å²) in [5, 5.41) is 6.25. The van der Waals surface area contributed by atoms with Crippen molar-refractivity contribution in [2.75, 3.05) is 9.80 Å². The van der Waals surface area contributed by atoms with Crippen molar-refractivity contribution in [1.82, 2.24) is 0 Å². The normalized spacial score (nSPS) is 13.4. The van der Waals surface area contributed by atoms with E-state index >= 15 is 8.78 Å². The highest BCUT2D eigenvalue weighted by Crippen LogP contribution is 2.68.